The normalized spacial score (nSPS) is 27.6. The zero-order valence-electron chi connectivity index (χ0n) is 11.5. The molecule has 0 spiro atoms. The molecule has 0 radical (unpaired) electrons. The Morgan fingerprint density at radius 3 is 2.56 bits per heavy atom. The fourth-order valence-corrected chi connectivity index (χ4v) is 2.60. The first kappa shape index (κ1) is 14.0. The van der Waals surface area contributed by atoms with Crippen molar-refractivity contribution in [3.05, 3.63) is 0 Å². The van der Waals surface area contributed by atoms with Crippen LogP contribution in [0.3, 0.4) is 0 Å². The van der Waals surface area contributed by atoms with Crippen molar-refractivity contribution in [2.75, 3.05) is 6.54 Å². The maximum atomic E-state index is 5.84. The molecular weight excluding hydrogens is 198 g/mol. The van der Waals surface area contributed by atoms with Gasteiger partial charge in [-0.2, -0.15) is 0 Å². The molecule has 0 aromatic rings. The van der Waals surface area contributed by atoms with E-state index in [1.54, 1.807) is 0 Å². The van der Waals surface area contributed by atoms with Crippen molar-refractivity contribution in [2.24, 2.45) is 5.92 Å². The third-order valence-corrected chi connectivity index (χ3v) is 3.63. The first-order valence-corrected chi connectivity index (χ1v) is 7.02. The highest BCUT2D eigenvalue weighted by atomic mass is 16.5. The van der Waals surface area contributed by atoms with Gasteiger partial charge in [-0.25, -0.2) is 0 Å². The first-order valence-electron chi connectivity index (χ1n) is 7.02. The molecule has 0 bridgehead atoms. The largest absolute Gasteiger partial charge is 0.375 e. The molecule has 2 nitrogen and oxygen atoms in total. The van der Waals surface area contributed by atoms with Crippen molar-refractivity contribution in [2.45, 2.75) is 78.0 Å². The minimum absolute atomic E-state index is 0.500. The second-order valence-electron chi connectivity index (χ2n) is 5.49. The molecule has 96 valence electrons. The minimum atomic E-state index is 0.500. The van der Waals surface area contributed by atoms with Gasteiger partial charge in [0.2, 0.25) is 0 Å². The lowest BCUT2D eigenvalue weighted by molar-refractivity contribution is 0.0488. The summed E-state index contributed by atoms with van der Waals surface area (Å²) in [6, 6.07) is 0.684. The van der Waals surface area contributed by atoms with Gasteiger partial charge in [0.25, 0.3) is 0 Å². The van der Waals surface area contributed by atoms with Gasteiger partial charge in [-0.3, -0.25) is 0 Å². The van der Waals surface area contributed by atoms with E-state index in [0.29, 0.717) is 18.2 Å². The molecule has 0 aromatic heterocycles. The first-order chi connectivity index (χ1) is 7.63. The molecule has 0 aromatic carbocycles. The standard InChI is InChI=1S/C14H29NO/c1-5-15-14(11(2)3)8-6-7-13-10-9-12(4)16-13/h11-15H,5-10H2,1-4H3. The third-order valence-electron chi connectivity index (χ3n) is 3.63. The lowest BCUT2D eigenvalue weighted by atomic mass is 9.97. The van der Waals surface area contributed by atoms with Crippen LogP contribution in [-0.4, -0.2) is 24.8 Å². The van der Waals surface area contributed by atoms with Crippen LogP contribution in [-0.2, 0) is 4.74 Å². The number of hydrogen-bond acceptors (Lipinski definition) is 2. The Morgan fingerprint density at radius 1 is 1.31 bits per heavy atom. The monoisotopic (exact) mass is 227 g/mol. The van der Waals surface area contributed by atoms with E-state index >= 15 is 0 Å². The third kappa shape index (κ3) is 4.84. The van der Waals surface area contributed by atoms with Crippen LogP contribution >= 0.6 is 0 Å². The van der Waals surface area contributed by atoms with Crippen molar-refractivity contribution < 1.29 is 4.74 Å². The molecule has 2 heteroatoms. The lowest BCUT2D eigenvalue weighted by Gasteiger charge is -2.22. The fraction of sp³-hybridized carbons (Fsp3) is 1.00. The van der Waals surface area contributed by atoms with Gasteiger partial charge >= 0.3 is 0 Å². The van der Waals surface area contributed by atoms with Crippen molar-refractivity contribution in [1.82, 2.24) is 5.32 Å². The van der Waals surface area contributed by atoms with Crippen molar-refractivity contribution in [1.29, 1.82) is 0 Å². The van der Waals surface area contributed by atoms with E-state index in [2.05, 4.69) is 33.0 Å². The van der Waals surface area contributed by atoms with Gasteiger partial charge < -0.3 is 10.1 Å². The van der Waals surface area contributed by atoms with E-state index in [4.69, 9.17) is 4.74 Å². The van der Waals surface area contributed by atoms with Crippen LogP contribution in [0.25, 0.3) is 0 Å². The van der Waals surface area contributed by atoms with Crippen molar-refractivity contribution in [3.63, 3.8) is 0 Å². The van der Waals surface area contributed by atoms with Crippen LogP contribution in [0, 0.1) is 5.92 Å². The Morgan fingerprint density at radius 2 is 2.06 bits per heavy atom. The number of rotatable bonds is 7. The molecule has 0 amide bonds. The van der Waals surface area contributed by atoms with E-state index in [0.717, 1.165) is 12.5 Å². The van der Waals surface area contributed by atoms with Gasteiger partial charge in [0, 0.05) is 6.04 Å². The van der Waals surface area contributed by atoms with Gasteiger partial charge in [0.15, 0.2) is 0 Å². The summed E-state index contributed by atoms with van der Waals surface area (Å²) in [5.74, 6) is 0.739. The van der Waals surface area contributed by atoms with E-state index in [1.165, 1.54) is 32.1 Å². The summed E-state index contributed by atoms with van der Waals surface area (Å²) in [6.45, 7) is 10.1. The molecule has 3 unspecified atom stereocenters. The molecule has 1 fully saturated rings. The summed E-state index contributed by atoms with van der Waals surface area (Å²) in [5.41, 5.74) is 0. The summed E-state index contributed by atoms with van der Waals surface area (Å²) in [6.07, 6.45) is 7.41. The number of ether oxygens (including phenoxy) is 1. The highest BCUT2D eigenvalue weighted by molar-refractivity contribution is 4.74. The van der Waals surface area contributed by atoms with Gasteiger partial charge in [-0.15, -0.1) is 0 Å². The smallest absolute Gasteiger partial charge is 0.0579 e. The van der Waals surface area contributed by atoms with E-state index in [1.807, 2.05) is 0 Å². The predicted molar refractivity (Wildman–Crippen MR) is 69.7 cm³/mol. The van der Waals surface area contributed by atoms with E-state index in [9.17, 15) is 0 Å². The lowest BCUT2D eigenvalue weighted by Crippen LogP contribution is -2.33. The summed E-state index contributed by atoms with van der Waals surface area (Å²) >= 11 is 0. The molecule has 0 aliphatic carbocycles. The Labute approximate surface area is 101 Å². The SMILES string of the molecule is CCNC(CCCC1CCC(C)O1)C(C)C. The average molecular weight is 227 g/mol. The molecule has 1 aliphatic heterocycles. The highest BCUT2D eigenvalue weighted by Gasteiger charge is 2.21. The van der Waals surface area contributed by atoms with Crippen molar-refractivity contribution >= 4 is 0 Å². The Hall–Kier alpha value is -0.0800. The second-order valence-corrected chi connectivity index (χ2v) is 5.49. The van der Waals surface area contributed by atoms with Crippen LogP contribution in [0.15, 0.2) is 0 Å². The van der Waals surface area contributed by atoms with Gasteiger partial charge in [-0.1, -0.05) is 20.8 Å². The summed E-state index contributed by atoms with van der Waals surface area (Å²) < 4.78 is 5.84. The highest BCUT2D eigenvalue weighted by Crippen LogP contribution is 2.23. The van der Waals surface area contributed by atoms with Crippen LogP contribution < -0.4 is 5.32 Å². The Kier molecular flexibility index (Phi) is 6.37. The molecule has 1 aliphatic rings. The fourth-order valence-electron chi connectivity index (χ4n) is 2.60. The summed E-state index contributed by atoms with van der Waals surface area (Å²) in [7, 11) is 0. The number of hydrogen-bond donors (Lipinski definition) is 1. The molecule has 1 heterocycles. The van der Waals surface area contributed by atoms with E-state index < -0.39 is 0 Å². The zero-order chi connectivity index (χ0) is 12.0. The quantitative estimate of drug-likeness (QED) is 0.720. The molecule has 1 rings (SSSR count). The Balaban J connectivity index is 2.12. The minimum Gasteiger partial charge on any atom is -0.375 e. The number of nitrogens with one attached hydrogen (secondary N) is 1. The van der Waals surface area contributed by atoms with Crippen LogP contribution in [0.1, 0.15) is 59.8 Å². The summed E-state index contributed by atoms with van der Waals surface area (Å²) in [4.78, 5) is 0. The predicted octanol–water partition coefficient (Wildman–Crippen LogP) is 3.36. The maximum absolute atomic E-state index is 5.84. The summed E-state index contributed by atoms with van der Waals surface area (Å²) in [5, 5.41) is 3.58. The van der Waals surface area contributed by atoms with Gasteiger partial charge in [0.1, 0.15) is 0 Å². The molecule has 1 saturated heterocycles. The second kappa shape index (κ2) is 7.29. The topological polar surface area (TPSA) is 21.3 Å². The molecule has 0 saturated carbocycles. The molecule has 1 N–H and O–H groups in total. The molecule has 16 heavy (non-hydrogen) atoms. The van der Waals surface area contributed by atoms with Crippen LogP contribution in [0.4, 0.5) is 0 Å². The molecular formula is C14H29NO. The average Bonchev–Trinajstić information content (AvgIpc) is 2.63. The van der Waals surface area contributed by atoms with Crippen molar-refractivity contribution in [3.8, 4) is 0 Å². The van der Waals surface area contributed by atoms with Gasteiger partial charge in [0.05, 0.1) is 12.2 Å². The molecule has 3 atom stereocenters. The van der Waals surface area contributed by atoms with Crippen LogP contribution in [0.5, 0.6) is 0 Å². The van der Waals surface area contributed by atoms with E-state index in [-0.39, 0.29) is 0 Å². The van der Waals surface area contributed by atoms with Crippen LogP contribution in [0.2, 0.25) is 0 Å². The van der Waals surface area contributed by atoms with Gasteiger partial charge in [-0.05, 0) is 51.5 Å². The Bertz CT molecular complexity index is 182. The zero-order valence-corrected chi connectivity index (χ0v) is 11.5. The maximum Gasteiger partial charge on any atom is 0.0579 e.